The van der Waals surface area contributed by atoms with E-state index in [4.69, 9.17) is 9.47 Å². The number of rotatable bonds is 16. The van der Waals surface area contributed by atoms with Gasteiger partial charge in [0.15, 0.2) is 0 Å². The third-order valence-electron chi connectivity index (χ3n) is 7.04. The Bertz CT molecular complexity index is 468. The van der Waals surface area contributed by atoms with E-state index in [0.29, 0.717) is 25.0 Å². The fraction of sp³-hybridized carbons (Fsp3) is 0.929. The van der Waals surface area contributed by atoms with Crippen LogP contribution in [0.25, 0.3) is 0 Å². The fourth-order valence-corrected chi connectivity index (χ4v) is 4.67. The van der Waals surface area contributed by atoms with Crippen molar-refractivity contribution in [2.75, 3.05) is 13.2 Å². The quantitative estimate of drug-likeness (QED) is 0.226. The maximum Gasteiger partial charge on any atom is 0.309 e. The molecule has 4 atom stereocenters. The highest BCUT2D eigenvalue weighted by Crippen LogP contribution is 2.32. The van der Waals surface area contributed by atoms with Gasteiger partial charge in [-0.05, 0) is 49.4 Å². The first-order valence-electron chi connectivity index (χ1n) is 13.5. The van der Waals surface area contributed by atoms with Gasteiger partial charge >= 0.3 is 11.9 Å². The van der Waals surface area contributed by atoms with Crippen molar-refractivity contribution in [3.8, 4) is 0 Å². The molecule has 0 N–H and O–H groups in total. The largest absolute Gasteiger partial charge is 0.465 e. The molecule has 0 aromatic heterocycles. The van der Waals surface area contributed by atoms with Gasteiger partial charge in [-0.2, -0.15) is 0 Å². The van der Waals surface area contributed by atoms with E-state index in [1.165, 1.54) is 38.5 Å². The molecule has 4 heteroatoms. The summed E-state index contributed by atoms with van der Waals surface area (Å²) in [6, 6.07) is 0. The van der Waals surface area contributed by atoms with Gasteiger partial charge in [0.25, 0.3) is 0 Å². The van der Waals surface area contributed by atoms with Crippen molar-refractivity contribution in [2.24, 2.45) is 35.5 Å². The lowest BCUT2D eigenvalue weighted by Crippen LogP contribution is -2.35. The molecule has 0 amide bonds. The number of hydrogen-bond acceptors (Lipinski definition) is 4. The Morgan fingerprint density at radius 2 is 1.00 bits per heavy atom. The maximum atomic E-state index is 12.7. The minimum absolute atomic E-state index is 0.192. The predicted octanol–water partition coefficient (Wildman–Crippen LogP) is 7.58. The number of ether oxygens (including phenoxy) is 2. The Hall–Kier alpha value is -1.06. The second-order valence-corrected chi connectivity index (χ2v) is 11.3. The Morgan fingerprint density at radius 1 is 0.625 bits per heavy atom. The van der Waals surface area contributed by atoms with Gasteiger partial charge in [0.1, 0.15) is 0 Å². The number of carbonyl (C=O) groups is 2. The fourth-order valence-electron chi connectivity index (χ4n) is 4.67. The third-order valence-corrected chi connectivity index (χ3v) is 7.04. The maximum absolute atomic E-state index is 12.7. The Morgan fingerprint density at radius 3 is 1.34 bits per heavy atom. The average Bonchev–Trinajstić information content (AvgIpc) is 2.73. The van der Waals surface area contributed by atoms with Gasteiger partial charge in [0.05, 0.1) is 25.0 Å². The third kappa shape index (κ3) is 12.8. The van der Waals surface area contributed by atoms with Crippen LogP contribution < -0.4 is 0 Å². The standard InChI is InChI=1S/C28H52O4/c1-21(2)11-9-13-23(5)17-19-31-27(29)25-15-7-8-16-26(25)28(30)32-20-18-24(6)14-10-12-22(3)4/h21-26H,7-20H2,1-6H3. The van der Waals surface area contributed by atoms with Crippen LogP contribution >= 0.6 is 0 Å². The average molecular weight is 453 g/mol. The van der Waals surface area contributed by atoms with E-state index in [1.54, 1.807) is 0 Å². The van der Waals surface area contributed by atoms with Crippen LogP contribution in [0.3, 0.4) is 0 Å². The highest BCUT2D eigenvalue weighted by Gasteiger charge is 2.37. The Labute approximate surface area is 198 Å². The molecule has 0 aromatic rings. The highest BCUT2D eigenvalue weighted by molar-refractivity contribution is 5.82. The smallest absolute Gasteiger partial charge is 0.309 e. The molecule has 1 rings (SSSR count). The molecule has 1 aliphatic rings. The molecule has 0 radical (unpaired) electrons. The van der Waals surface area contributed by atoms with Crippen LogP contribution in [-0.2, 0) is 19.1 Å². The monoisotopic (exact) mass is 452 g/mol. The van der Waals surface area contributed by atoms with Crippen molar-refractivity contribution in [3.63, 3.8) is 0 Å². The summed E-state index contributed by atoms with van der Waals surface area (Å²) in [5, 5.41) is 0. The predicted molar refractivity (Wildman–Crippen MR) is 132 cm³/mol. The van der Waals surface area contributed by atoms with Crippen molar-refractivity contribution < 1.29 is 19.1 Å². The lowest BCUT2D eigenvalue weighted by atomic mass is 9.79. The number of carbonyl (C=O) groups excluding carboxylic acids is 2. The Kier molecular flexibility index (Phi) is 15.0. The van der Waals surface area contributed by atoms with Crippen LogP contribution in [0.5, 0.6) is 0 Å². The first kappa shape index (κ1) is 29.0. The minimum Gasteiger partial charge on any atom is -0.465 e. The summed E-state index contributed by atoms with van der Waals surface area (Å²) in [6.07, 6.45) is 12.6. The molecule has 1 fully saturated rings. The molecule has 0 spiro atoms. The van der Waals surface area contributed by atoms with Gasteiger partial charge < -0.3 is 9.47 Å². The van der Waals surface area contributed by atoms with Gasteiger partial charge in [0, 0.05) is 0 Å². The molecule has 4 nitrogen and oxygen atoms in total. The molecule has 32 heavy (non-hydrogen) atoms. The molecule has 1 saturated carbocycles. The zero-order valence-electron chi connectivity index (χ0n) is 22.0. The van der Waals surface area contributed by atoms with Crippen molar-refractivity contribution in [2.45, 2.75) is 119 Å². The molecule has 1 aliphatic carbocycles. The van der Waals surface area contributed by atoms with Crippen LogP contribution in [0.2, 0.25) is 0 Å². The zero-order valence-corrected chi connectivity index (χ0v) is 22.0. The molecule has 0 aliphatic heterocycles. The second kappa shape index (κ2) is 16.5. The summed E-state index contributed by atoms with van der Waals surface area (Å²) in [4.78, 5) is 25.4. The van der Waals surface area contributed by atoms with Crippen molar-refractivity contribution in [1.82, 2.24) is 0 Å². The van der Waals surface area contributed by atoms with Crippen LogP contribution in [0.1, 0.15) is 119 Å². The SMILES string of the molecule is CC(C)CCCC(C)CCOC(=O)C1CCCCC1C(=O)OCCC(C)CCCC(C)C. The van der Waals surface area contributed by atoms with Crippen molar-refractivity contribution >= 4 is 11.9 Å². The summed E-state index contributed by atoms with van der Waals surface area (Å²) in [7, 11) is 0. The van der Waals surface area contributed by atoms with Crippen LogP contribution in [-0.4, -0.2) is 25.2 Å². The number of hydrogen-bond donors (Lipinski definition) is 0. The first-order valence-corrected chi connectivity index (χ1v) is 13.5. The van der Waals surface area contributed by atoms with E-state index < -0.39 is 0 Å². The van der Waals surface area contributed by atoms with Crippen LogP contribution in [0.15, 0.2) is 0 Å². The van der Waals surface area contributed by atoms with Gasteiger partial charge in [-0.1, -0.05) is 92.9 Å². The first-order chi connectivity index (χ1) is 15.2. The van der Waals surface area contributed by atoms with Gasteiger partial charge in [0.2, 0.25) is 0 Å². The molecule has 0 aromatic carbocycles. The summed E-state index contributed by atoms with van der Waals surface area (Å²) < 4.78 is 11.2. The molecule has 0 saturated heterocycles. The van der Waals surface area contributed by atoms with E-state index in [2.05, 4.69) is 41.5 Å². The van der Waals surface area contributed by atoms with Crippen LogP contribution in [0, 0.1) is 35.5 Å². The summed E-state index contributed by atoms with van der Waals surface area (Å²) >= 11 is 0. The Balaban J connectivity index is 2.33. The van der Waals surface area contributed by atoms with E-state index in [-0.39, 0.29) is 23.8 Å². The zero-order chi connectivity index (χ0) is 23.9. The van der Waals surface area contributed by atoms with Gasteiger partial charge in [-0.3, -0.25) is 9.59 Å². The molecule has 4 unspecified atom stereocenters. The van der Waals surface area contributed by atoms with Gasteiger partial charge in [-0.15, -0.1) is 0 Å². The molecular weight excluding hydrogens is 400 g/mol. The van der Waals surface area contributed by atoms with Gasteiger partial charge in [-0.25, -0.2) is 0 Å². The molecular formula is C28H52O4. The van der Waals surface area contributed by atoms with E-state index in [9.17, 15) is 9.59 Å². The summed E-state index contributed by atoms with van der Waals surface area (Å²) in [6.45, 7) is 14.4. The molecule has 0 heterocycles. The normalized spacial score (nSPS) is 20.9. The number of esters is 2. The lowest BCUT2D eigenvalue weighted by Gasteiger charge is -2.28. The van der Waals surface area contributed by atoms with Crippen molar-refractivity contribution in [3.05, 3.63) is 0 Å². The second-order valence-electron chi connectivity index (χ2n) is 11.3. The topological polar surface area (TPSA) is 52.6 Å². The van der Waals surface area contributed by atoms with E-state index in [0.717, 1.165) is 50.4 Å². The summed E-state index contributed by atoms with van der Waals surface area (Å²) in [5.41, 5.74) is 0. The molecule has 0 bridgehead atoms. The van der Waals surface area contributed by atoms with E-state index in [1.807, 2.05) is 0 Å². The summed E-state index contributed by atoms with van der Waals surface area (Å²) in [5.74, 6) is 1.60. The minimum atomic E-state index is -0.323. The van der Waals surface area contributed by atoms with E-state index >= 15 is 0 Å². The highest BCUT2D eigenvalue weighted by atomic mass is 16.5. The molecule has 188 valence electrons. The van der Waals surface area contributed by atoms with Crippen LogP contribution in [0.4, 0.5) is 0 Å². The van der Waals surface area contributed by atoms with Crippen molar-refractivity contribution in [1.29, 1.82) is 0 Å². The lowest BCUT2D eigenvalue weighted by molar-refractivity contribution is -0.163.